The van der Waals surface area contributed by atoms with Crippen LogP contribution in [-0.2, 0) is 0 Å². The Morgan fingerprint density at radius 1 is 1.50 bits per heavy atom. The van der Waals surface area contributed by atoms with Crippen LogP contribution < -0.4 is 4.57 Å². The lowest BCUT2D eigenvalue weighted by molar-refractivity contribution is -0.712. The van der Waals surface area contributed by atoms with Gasteiger partial charge in [-0.3, -0.25) is 0 Å². The first-order valence-electron chi connectivity index (χ1n) is 4.03. The van der Waals surface area contributed by atoms with Gasteiger partial charge in [0.2, 0.25) is 6.04 Å². The lowest BCUT2D eigenvalue weighted by Crippen LogP contribution is -2.40. The van der Waals surface area contributed by atoms with Crippen LogP contribution in [0, 0.1) is 25.2 Å². The highest BCUT2D eigenvalue weighted by Crippen LogP contribution is 2.02. The second-order valence-corrected chi connectivity index (χ2v) is 2.99. The summed E-state index contributed by atoms with van der Waals surface area (Å²) in [6.45, 7) is 5.98. The zero-order chi connectivity index (χ0) is 9.14. The molecule has 0 saturated heterocycles. The van der Waals surface area contributed by atoms with Crippen LogP contribution in [-0.4, -0.2) is 0 Å². The van der Waals surface area contributed by atoms with Crippen molar-refractivity contribution in [2.24, 2.45) is 0 Å². The highest BCUT2D eigenvalue weighted by Gasteiger charge is 2.14. The van der Waals surface area contributed by atoms with E-state index in [1.165, 1.54) is 5.56 Å². The molecule has 0 bridgehead atoms. The smallest absolute Gasteiger partial charge is 0.191 e. The summed E-state index contributed by atoms with van der Waals surface area (Å²) in [5.74, 6) is 0. The molecule has 1 unspecified atom stereocenters. The third-order valence-electron chi connectivity index (χ3n) is 2.15. The van der Waals surface area contributed by atoms with Crippen LogP contribution in [0.1, 0.15) is 24.2 Å². The summed E-state index contributed by atoms with van der Waals surface area (Å²) in [6, 6.07) is 6.15. The van der Waals surface area contributed by atoms with Gasteiger partial charge in [0.05, 0.1) is 0 Å². The van der Waals surface area contributed by atoms with Gasteiger partial charge >= 0.3 is 0 Å². The van der Waals surface area contributed by atoms with E-state index in [1.807, 2.05) is 30.7 Å². The van der Waals surface area contributed by atoms with E-state index in [9.17, 15) is 0 Å². The van der Waals surface area contributed by atoms with Gasteiger partial charge < -0.3 is 0 Å². The number of rotatable bonds is 1. The predicted octanol–water partition coefficient (Wildman–Crippen LogP) is 1.68. The maximum atomic E-state index is 8.73. The molecule has 2 heteroatoms. The van der Waals surface area contributed by atoms with Crippen LogP contribution in [0.4, 0.5) is 0 Å². The molecule has 0 aliphatic heterocycles. The number of aromatic nitrogens is 1. The predicted molar refractivity (Wildman–Crippen MR) is 46.4 cm³/mol. The zero-order valence-corrected chi connectivity index (χ0v) is 7.70. The molecule has 0 fully saturated rings. The molecule has 0 N–H and O–H groups in total. The van der Waals surface area contributed by atoms with Gasteiger partial charge in [-0.25, -0.2) is 0 Å². The molecule has 1 aromatic heterocycles. The van der Waals surface area contributed by atoms with Gasteiger partial charge in [0, 0.05) is 25.5 Å². The van der Waals surface area contributed by atoms with E-state index in [4.69, 9.17) is 5.26 Å². The Hall–Kier alpha value is -1.36. The molecule has 1 atom stereocenters. The maximum Gasteiger partial charge on any atom is 0.240 e. The van der Waals surface area contributed by atoms with E-state index < -0.39 is 0 Å². The Bertz CT molecular complexity index is 323. The summed E-state index contributed by atoms with van der Waals surface area (Å²) in [5.41, 5.74) is 2.38. The minimum Gasteiger partial charge on any atom is -0.191 e. The van der Waals surface area contributed by atoms with Crippen LogP contribution >= 0.6 is 0 Å². The Kier molecular flexibility index (Phi) is 2.44. The molecule has 1 rings (SSSR count). The van der Waals surface area contributed by atoms with Crippen molar-refractivity contribution in [2.75, 3.05) is 0 Å². The van der Waals surface area contributed by atoms with Crippen LogP contribution in [0.3, 0.4) is 0 Å². The first kappa shape index (κ1) is 8.73. The second-order valence-electron chi connectivity index (χ2n) is 2.99. The van der Waals surface area contributed by atoms with Crippen LogP contribution in [0.15, 0.2) is 18.3 Å². The average Bonchev–Trinajstić information content (AvgIpc) is 2.08. The summed E-state index contributed by atoms with van der Waals surface area (Å²) in [4.78, 5) is 0. The van der Waals surface area contributed by atoms with Gasteiger partial charge in [-0.05, 0) is 13.0 Å². The van der Waals surface area contributed by atoms with Crippen molar-refractivity contribution in [3.8, 4) is 6.07 Å². The molecule has 62 valence electrons. The normalized spacial score (nSPS) is 12.2. The molecule has 0 aliphatic rings. The summed E-state index contributed by atoms with van der Waals surface area (Å²) in [7, 11) is 0. The fourth-order valence-corrected chi connectivity index (χ4v) is 1.20. The molecule has 0 radical (unpaired) electrons. The molecule has 0 saturated carbocycles. The maximum absolute atomic E-state index is 8.73. The number of aryl methyl sites for hydroxylation is 1. The van der Waals surface area contributed by atoms with Crippen molar-refractivity contribution in [1.29, 1.82) is 5.26 Å². The zero-order valence-electron chi connectivity index (χ0n) is 7.70. The van der Waals surface area contributed by atoms with E-state index in [-0.39, 0.29) is 6.04 Å². The molecule has 0 aliphatic carbocycles. The van der Waals surface area contributed by atoms with Crippen LogP contribution in [0.2, 0.25) is 0 Å². The SMILES string of the molecule is Cc1ccc[n+](C(C)C#N)c1C. The van der Waals surface area contributed by atoms with Gasteiger partial charge in [-0.15, -0.1) is 0 Å². The largest absolute Gasteiger partial charge is 0.240 e. The van der Waals surface area contributed by atoms with E-state index in [0.29, 0.717) is 0 Å². The number of hydrogen-bond acceptors (Lipinski definition) is 1. The molecule has 0 aromatic carbocycles. The van der Waals surface area contributed by atoms with Crippen molar-refractivity contribution >= 4 is 0 Å². The molecule has 0 amide bonds. The Balaban J connectivity index is 3.18. The van der Waals surface area contributed by atoms with Gasteiger partial charge in [-0.2, -0.15) is 9.83 Å². The average molecular weight is 161 g/mol. The van der Waals surface area contributed by atoms with Crippen molar-refractivity contribution in [1.82, 2.24) is 0 Å². The van der Waals surface area contributed by atoms with Crippen LogP contribution in [0.25, 0.3) is 0 Å². The Morgan fingerprint density at radius 3 is 2.75 bits per heavy atom. The quantitative estimate of drug-likeness (QED) is 0.576. The minimum atomic E-state index is -0.0788. The van der Waals surface area contributed by atoms with Crippen molar-refractivity contribution < 1.29 is 4.57 Å². The monoisotopic (exact) mass is 161 g/mol. The van der Waals surface area contributed by atoms with E-state index >= 15 is 0 Å². The first-order chi connectivity index (χ1) is 5.66. The topological polar surface area (TPSA) is 27.7 Å². The summed E-state index contributed by atoms with van der Waals surface area (Å²) in [6.07, 6.45) is 1.94. The molecular formula is C10H13N2+. The van der Waals surface area contributed by atoms with Crippen molar-refractivity contribution in [2.45, 2.75) is 26.8 Å². The highest BCUT2D eigenvalue weighted by atomic mass is 15.0. The minimum absolute atomic E-state index is 0.0788. The number of nitriles is 1. The standard InChI is InChI=1S/C10H13N2/c1-8-5-4-6-12(10(8)3)9(2)7-11/h4-6,9H,1-3H3/q+1. The van der Waals surface area contributed by atoms with Gasteiger partial charge in [-0.1, -0.05) is 0 Å². The lowest BCUT2D eigenvalue weighted by atomic mass is 10.2. The second kappa shape index (κ2) is 3.36. The van der Waals surface area contributed by atoms with Crippen molar-refractivity contribution in [3.05, 3.63) is 29.6 Å². The summed E-state index contributed by atoms with van der Waals surface area (Å²) >= 11 is 0. The fraction of sp³-hybridized carbons (Fsp3) is 0.400. The number of pyridine rings is 1. The summed E-state index contributed by atoms with van der Waals surface area (Å²) in [5, 5.41) is 8.73. The molecule has 1 aromatic rings. The fourth-order valence-electron chi connectivity index (χ4n) is 1.20. The first-order valence-corrected chi connectivity index (χ1v) is 4.03. The molecular weight excluding hydrogens is 148 g/mol. The third-order valence-corrected chi connectivity index (χ3v) is 2.15. The van der Waals surface area contributed by atoms with Gasteiger partial charge in [0.15, 0.2) is 11.9 Å². The number of hydrogen-bond donors (Lipinski definition) is 0. The molecule has 0 spiro atoms. The third kappa shape index (κ3) is 1.45. The highest BCUT2D eigenvalue weighted by molar-refractivity contribution is 5.11. The van der Waals surface area contributed by atoms with E-state index in [2.05, 4.69) is 19.1 Å². The number of nitrogens with zero attached hydrogens (tertiary/aromatic N) is 2. The van der Waals surface area contributed by atoms with Gasteiger partial charge in [0.25, 0.3) is 0 Å². The molecule has 12 heavy (non-hydrogen) atoms. The van der Waals surface area contributed by atoms with Crippen LogP contribution in [0.5, 0.6) is 0 Å². The Labute approximate surface area is 73.1 Å². The van der Waals surface area contributed by atoms with E-state index in [0.717, 1.165) is 5.69 Å². The van der Waals surface area contributed by atoms with Crippen molar-refractivity contribution in [3.63, 3.8) is 0 Å². The lowest BCUT2D eigenvalue weighted by Gasteiger charge is -2.02. The molecule has 1 heterocycles. The van der Waals surface area contributed by atoms with E-state index in [1.54, 1.807) is 0 Å². The summed E-state index contributed by atoms with van der Waals surface area (Å²) < 4.78 is 1.98. The molecule has 2 nitrogen and oxygen atoms in total. The van der Waals surface area contributed by atoms with Gasteiger partial charge in [0.1, 0.15) is 6.07 Å². The Morgan fingerprint density at radius 2 is 2.17 bits per heavy atom.